The highest BCUT2D eigenvalue weighted by Crippen LogP contribution is 2.46. The molecule has 1 N–H and O–H groups in total. The Morgan fingerprint density at radius 3 is 2.51 bits per heavy atom. The third-order valence-electron chi connectivity index (χ3n) is 7.23. The van der Waals surface area contributed by atoms with Gasteiger partial charge in [-0.15, -0.1) is 11.6 Å². The fraction of sp³-hybridized carbons (Fsp3) is 0.393. The van der Waals surface area contributed by atoms with Crippen LogP contribution in [0, 0.1) is 11.3 Å². The van der Waals surface area contributed by atoms with Crippen molar-refractivity contribution in [3.63, 3.8) is 0 Å². The molecule has 1 aromatic carbocycles. The molecule has 0 aliphatic carbocycles. The number of carbonyl (C=O) groups excluding carboxylic acids is 2. The lowest BCUT2D eigenvalue weighted by molar-refractivity contribution is -0.122. The van der Waals surface area contributed by atoms with Crippen LogP contribution in [0.3, 0.4) is 0 Å². The Balaban J connectivity index is 1.70. The van der Waals surface area contributed by atoms with Gasteiger partial charge in [0, 0.05) is 32.9 Å². The molecule has 3 aromatic rings. The van der Waals surface area contributed by atoms with E-state index in [1.54, 1.807) is 30.3 Å². The summed E-state index contributed by atoms with van der Waals surface area (Å²) >= 11 is 6.34. The number of hydrogen-bond donors (Lipinski definition) is 1. The standard InChI is InChI=1S/C28H30ClN7O3/c1-15(2)35-22(20-14-32-28(34(3)4)33-26(20)39-5)11-19-24(35)23(17-8-6-16(12-30)7-9-17)36(27(19)38)18-10-21(29)25(37)31-13-18/h6-9,11,14-15,18,21,23H,10,13H2,1-5H3,(H,31,37). The smallest absolute Gasteiger partial charge is 0.256 e. The molecule has 2 aliphatic rings. The number of rotatable bonds is 6. The van der Waals surface area contributed by atoms with Gasteiger partial charge in [0.25, 0.3) is 5.91 Å². The molecule has 0 spiro atoms. The molecule has 2 amide bonds. The van der Waals surface area contributed by atoms with E-state index in [0.717, 1.165) is 17.0 Å². The Hall–Kier alpha value is -4.10. The number of aromatic nitrogens is 3. The zero-order valence-corrected chi connectivity index (χ0v) is 23.2. The topological polar surface area (TPSA) is 116 Å². The quantitative estimate of drug-likeness (QED) is 0.469. The van der Waals surface area contributed by atoms with Gasteiger partial charge in [-0.3, -0.25) is 9.59 Å². The Labute approximate surface area is 232 Å². The lowest BCUT2D eigenvalue weighted by Gasteiger charge is -2.38. The molecular weight excluding hydrogens is 518 g/mol. The number of alkyl halides is 1. The average Bonchev–Trinajstić information content (AvgIpc) is 3.45. The number of piperidine rings is 1. The highest BCUT2D eigenvalue weighted by atomic mass is 35.5. The summed E-state index contributed by atoms with van der Waals surface area (Å²) in [5, 5.41) is 11.5. The van der Waals surface area contributed by atoms with E-state index in [2.05, 4.69) is 39.8 Å². The predicted molar refractivity (Wildman–Crippen MR) is 147 cm³/mol. The molecule has 10 nitrogen and oxygen atoms in total. The Kier molecular flexibility index (Phi) is 6.95. The molecule has 39 heavy (non-hydrogen) atoms. The summed E-state index contributed by atoms with van der Waals surface area (Å²) in [4.78, 5) is 38.9. The maximum Gasteiger partial charge on any atom is 0.256 e. The third kappa shape index (κ3) is 4.46. The molecule has 1 fully saturated rings. The Morgan fingerprint density at radius 1 is 1.21 bits per heavy atom. The molecular formula is C28H30ClN7O3. The van der Waals surface area contributed by atoms with E-state index >= 15 is 0 Å². The molecule has 0 bridgehead atoms. The number of nitriles is 1. The van der Waals surface area contributed by atoms with Crippen LogP contribution in [0.2, 0.25) is 0 Å². The average molecular weight is 548 g/mol. The van der Waals surface area contributed by atoms with Crippen molar-refractivity contribution in [2.24, 2.45) is 0 Å². The summed E-state index contributed by atoms with van der Waals surface area (Å²) in [5.74, 6) is 0.550. The van der Waals surface area contributed by atoms with E-state index < -0.39 is 11.4 Å². The maximum atomic E-state index is 14.1. The zero-order chi connectivity index (χ0) is 28.0. The highest BCUT2D eigenvalue weighted by Gasteiger charge is 2.47. The van der Waals surface area contributed by atoms with E-state index in [9.17, 15) is 14.9 Å². The van der Waals surface area contributed by atoms with Crippen LogP contribution in [0.25, 0.3) is 11.3 Å². The van der Waals surface area contributed by atoms with Gasteiger partial charge in [-0.2, -0.15) is 10.2 Å². The molecule has 3 unspecified atom stereocenters. The molecule has 5 rings (SSSR count). The fourth-order valence-corrected chi connectivity index (χ4v) is 5.73. The molecule has 3 atom stereocenters. The first-order valence-corrected chi connectivity index (χ1v) is 13.2. The van der Waals surface area contributed by atoms with Crippen molar-refractivity contribution in [1.82, 2.24) is 24.8 Å². The fourth-order valence-electron chi connectivity index (χ4n) is 5.45. The molecule has 4 heterocycles. The van der Waals surface area contributed by atoms with Crippen LogP contribution in [-0.4, -0.2) is 70.4 Å². The molecule has 2 aromatic heterocycles. The number of benzene rings is 1. The van der Waals surface area contributed by atoms with Gasteiger partial charge < -0.3 is 24.4 Å². The normalized spacial score (nSPS) is 20.6. The van der Waals surface area contributed by atoms with E-state index in [-0.39, 0.29) is 23.9 Å². The summed E-state index contributed by atoms with van der Waals surface area (Å²) in [7, 11) is 5.27. The Morgan fingerprint density at radius 2 is 1.92 bits per heavy atom. The summed E-state index contributed by atoms with van der Waals surface area (Å²) in [6.07, 6.45) is 2.07. The van der Waals surface area contributed by atoms with Gasteiger partial charge in [0.2, 0.25) is 17.7 Å². The first-order valence-electron chi connectivity index (χ1n) is 12.7. The third-order valence-corrected chi connectivity index (χ3v) is 7.61. The number of ether oxygens (including phenoxy) is 1. The van der Waals surface area contributed by atoms with Crippen LogP contribution < -0.4 is 15.0 Å². The van der Waals surface area contributed by atoms with Crippen LogP contribution in [-0.2, 0) is 4.79 Å². The largest absolute Gasteiger partial charge is 0.480 e. The second kappa shape index (κ2) is 10.2. The van der Waals surface area contributed by atoms with Crippen LogP contribution in [0.15, 0.2) is 36.5 Å². The van der Waals surface area contributed by atoms with Gasteiger partial charge in [-0.1, -0.05) is 12.1 Å². The predicted octanol–water partition coefficient (Wildman–Crippen LogP) is 3.51. The summed E-state index contributed by atoms with van der Waals surface area (Å²) in [5.41, 5.74) is 4.24. The summed E-state index contributed by atoms with van der Waals surface area (Å²) in [6.45, 7) is 4.43. The number of hydrogen-bond acceptors (Lipinski definition) is 7. The van der Waals surface area contributed by atoms with E-state index in [0.29, 0.717) is 41.5 Å². The van der Waals surface area contributed by atoms with Crippen LogP contribution in [0.1, 0.15) is 59.5 Å². The lowest BCUT2D eigenvalue weighted by atomic mass is 9.98. The highest BCUT2D eigenvalue weighted by molar-refractivity contribution is 6.31. The van der Waals surface area contributed by atoms with Gasteiger partial charge in [0.05, 0.1) is 53.3 Å². The van der Waals surface area contributed by atoms with Gasteiger partial charge in [0.15, 0.2) is 0 Å². The second-order valence-electron chi connectivity index (χ2n) is 10.2. The van der Waals surface area contributed by atoms with Crippen molar-refractivity contribution in [3.8, 4) is 23.2 Å². The van der Waals surface area contributed by atoms with Crippen LogP contribution in [0.5, 0.6) is 5.88 Å². The van der Waals surface area contributed by atoms with Crippen molar-refractivity contribution >= 4 is 29.4 Å². The Bertz CT molecular complexity index is 1480. The van der Waals surface area contributed by atoms with Crippen molar-refractivity contribution in [3.05, 3.63) is 58.9 Å². The monoisotopic (exact) mass is 547 g/mol. The zero-order valence-electron chi connectivity index (χ0n) is 22.5. The minimum atomic E-state index is -0.725. The number of nitrogens with zero attached hydrogens (tertiary/aromatic N) is 6. The number of fused-ring (bicyclic) bond motifs is 1. The van der Waals surface area contributed by atoms with E-state index in [4.69, 9.17) is 16.3 Å². The minimum Gasteiger partial charge on any atom is -0.480 e. The minimum absolute atomic E-state index is 0.0255. The summed E-state index contributed by atoms with van der Waals surface area (Å²) < 4.78 is 7.79. The van der Waals surface area contributed by atoms with Crippen molar-refractivity contribution in [1.29, 1.82) is 5.26 Å². The number of anilines is 1. The number of nitrogens with one attached hydrogen (secondary N) is 1. The van der Waals surface area contributed by atoms with E-state index in [1.165, 1.54) is 0 Å². The van der Waals surface area contributed by atoms with Gasteiger partial charge in [0.1, 0.15) is 5.38 Å². The van der Waals surface area contributed by atoms with Crippen LogP contribution >= 0.6 is 11.6 Å². The van der Waals surface area contributed by atoms with Gasteiger partial charge in [-0.25, -0.2) is 4.98 Å². The number of amides is 2. The van der Waals surface area contributed by atoms with E-state index in [1.807, 2.05) is 37.2 Å². The first-order chi connectivity index (χ1) is 18.7. The molecule has 0 radical (unpaired) electrons. The molecule has 2 aliphatic heterocycles. The maximum absolute atomic E-state index is 14.1. The second-order valence-corrected chi connectivity index (χ2v) is 10.8. The summed E-state index contributed by atoms with van der Waals surface area (Å²) in [6, 6.07) is 10.5. The number of methoxy groups -OCH3 is 1. The van der Waals surface area contributed by atoms with Crippen LogP contribution in [0.4, 0.5) is 5.95 Å². The van der Waals surface area contributed by atoms with Crippen molar-refractivity contribution in [2.75, 3.05) is 32.6 Å². The van der Waals surface area contributed by atoms with Gasteiger partial charge in [-0.05, 0) is 44.0 Å². The first kappa shape index (κ1) is 26.5. The lowest BCUT2D eigenvalue weighted by Crippen LogP contribution is -2.53. The molecule has 11 heteroatoms. The van der Waals surface area contributed by atoms with Crippen molar-refractivity contribution < 1.29 is 14.3 Å². The van der Waals surface area contributed by atoms with Crippen molar-refractivity contribution in [2.45, 2.75) is 43.8 Å². The SMILES string of the molecule is COc1nc(N(C)C)ncc1-c1cc2c(n1C(C)C)C(c1ccc(C#N)cc1)N(C1CNC(=O)C(Cl)C1)C2=O. The molecule has 202 valence electrons. The molecule has 0 saturated carbocycles. The number of carbonyl (C=O) groups is 2. The number of halogens is 1. The molecule has 1 saturated heterocycles. The van der Waals surface area contributed by atoms with Gasteiger partial charge >= 0.3 is 0 Å².